The monoisotopic (exact) mass is 1050 g/mol. The van der Waals surface area contributed by atoms with Gasteiger partial charge in [-0.3, -0.25) is 14.4 Å². The summed E-state index contributed by atoms with van der Waals surface area (Å²) >= 11 is 0. The third-order valence-corrected chi connectivity index (χ3v) is 13.0. The Balaban J connectivity index is 0.000000125. The predicted octanol–water partition coefficient (Wildman–Crippen LogP) is 6.26. The van der Waals surface area contributed by atoms with E-state index in [9.17, 15) is 14.4 Å². The molecule has 0 saturated carbocycles. The van der Waals surface area contributed by atoms with E-state index in [0.29, 0.717) is 88.8 Å². The van der Waals surface area contributed by atoms with Crippen molar-refractivity contribution < 1.29 is 14.4 Å². The first-order chi connectivity index (χ1) is 38.0. The molecule has 3 aliphatic rings. The van der Waals surface area contributed by atoms with Crippen LogP contribution >= 0.6 is 0 Å². The standard InChI is InChI=1S/C20H19N9O.C18H20N6O.C16H16N6O/c1-11-3-4-15(28-27-11)12-7-13-5-6-22-20(30)14-10-23-29-18(21-2)9-17(26-19(14)29)25-16(8-12)24-13;1-11-6-12-4-3-5-20-18(25)14-10-21-24-16(19-2)9-15(23-17(14)24)22-13(7-11)8-12;1-17-14-8-13-20-11-4-2-3-10(7-11)5-6-18-16(23)12-9-19-22(14)15(12)21-13/h3-4,7-10,21H,5-6H2,1-2H3,(H,22,30)(H,24,25,26);6-10,19H,3-5H2,1-2H3,(H,20,25)(H,22,23);2-4,7-9,17H,5-6H2,1H3,(H,18,23)(H,20,21). The second kappa shape index (κ2) is 21.5. The van der Waals surface area contributed by atoms with Crippen LogP contribution in [0.15, 0.2) is 104 Å². The van der Waals surface area contributed by atoms with Gasteiger partial charge in [0.05, 0.1) is 30.0 Å². The molecule has 13 rings (SSSR count). The third-order valence-electron chi connectivity index (χ3n) is 13.0. The molecule has 0 fully saturated rings. The third kappa shape index (κ3) is 10.5. The van der Waals surface area contributed by atoms with Crippen molar-refractivity contribution in [2.45, 2.75) is 39.5 Å². The number of pyridine rings is 1. The molecule has 10 aromatic rings. The van der Waals surface area contributed by atoms with Gasteiger partial charge in [0, 0.05) is 88.0 Å². The van der Waals surface area contributed by atoms with Crippen LogP contribution in [-0.4, -0.2) is 117 Å². The van der Waals surface area contributed by atoms with Crippen LogP contribution in [0.25, 0.3) is 28.2 Å². The van der Waals surface area contributed by atoms with Gasteiger partial charge in [0.2, 0.25) is 0 Å². The van der Waals surface area contributed by atoms with E-state index >= 15 is 0 Å². The van der Waals surface area contributed by atoms with Crippen LogP contribution in [0.2, 0.25) is 0 Å². The maximum absolute atomic E-state index is 12.7. The van der Waals surface area contributed by atoms with Gasteiger partial charge < -0.3 is 47.9 Å². The molecule has 24 heteroatoms. The first kappa shape index (κ1) is 49.9. The van der Waals surface area contributed by atoms with Crippen LogP contribution in [0.5, 0.6) is 0 Å². The first-order valence-electron chi connectivity index (χ1n) is 25.4. The molecule has 0 saturated heterocycles. The number of hydrogen-bond donors (Lipinski definition) is 9. The van der Waals surface area contributed by atoms with Gasteiger partial charge in [0.25, 0.3) is 17.7 Å². The molecule has 394 valence electrons. The van der Waals surface area contributed by atoms with Crippen molar-refractivity contribution >= 4 is 86.8 Å². The summed E-state index contributed by atoms with van der Waals surface area (Å²) < 4.78 is 4.87. The summed E-state index contributed by atoms with van der Waals surface area (Å²) in [7, 11) is 5.42. The summed E-state index contributed by atoms with van der Waals surface area (Å²) in [4.78, 5) is 56.0. The highest BCUT2D eigenvalue weighted by Gasteiger charge is 2.22. The average Bonchev–Trinajstić information content (AvgIpc) is 4.26. The summed E-state index contributed by atoms with van der Waals surface area (Å²) in [6.45, 7) is 5.60. The maximum atomic E-state index is 12.7. The molecule has 3 aliphatic heterocycles. The Kier molecular flexibility index (Phi) is 13.8. The lowest BCUT2D eigenvalue weighted by Gasteiger charge is -2.14. The molecule has 24 nitrogen and oxygen atoms in total. The molecule has 0 unspecified atom stereocenters. The van der Waals surface area contributed by atoms with Crippen LogP contribution in [0.4, 0.5) is 52.1 Å². The van der Waals surface area contributed by atoms with E-state index in [4.69, 9.17) is 0 Å². The quantitative estimate of drug-likeness (QED) is 0.0940. The van der Waals surface area contributed by atoms with Gasteiger partial charge in [-0.05, 0) is 98.3 Å². The maximum Gasteiger partial charge on any atom is 0.256 e. The van der Waals surface area contributed by atoms with Crippen molar-refractivity contribution in [2.24, 2.45) is 0 Å². The van der Waals surface area contributed by atoms with Gasteiger partial charge in [-0.1, -0.05) is 18.2 Å². The lowest BCUT2D eigenvalue weighted by Crippen LogP contribution is -2.26. The van der Waals surface area contributed by atoms with Gasteiger partial charge in [-0.15, -0.1) is 0 Å². The topological polar surface area (TPSA) is 289 Å². The Morgan fingerprint density at radius 2 is 1.03 bits per heavy atom. The number of aryl methyl sites for hydroxylation is 3. The fourth-order valence-corrected chi connectivity index (χ4v) is 9.29. The normalized spacial score (nSPS) is 13.8. The molecule has 0 spiro atoms. The second-order valence-corrected chi connectivity index (χ2v) is 18.7. The van der Waals surface area contributed by atoms with Gasteiger partial charge >= 0.3 is 0 Å². The second-order valence-electron chi connectivity index (χ2n) is 18.7. The minimum absolute atomic E-state index is 0.149. The number of carbonyl (C=O) groups is 3. The van der Waals surface area contributed by atoms with Crippen LogP contribution in [0.3, 0.4) is 0 Å². The van der Waals surface area contributed by atoms with Crippen LogP contribution in [-0.2, 0) is 19.3 Å². The van der Waals surface area contributed by atoms with Crippen molar-refractivity contribution in [3.05, 3.63) is 148 Å². The van der Waals surface area contributed by atoms with Crippen molar-refractivity contribution in [1.29, 1.82) is 0 Å². The molecular weight excluding hydrogens is 991 g/mol. The number of nitrogens with zero attached hydrogens (tertiary/aromatic N) is 12. The lowest BCUT2D eigenvalue weighted by atomic mass is 10.1. The smallest absolute Gasteiger partial charge is 0.256 e. The van der Waals surface area contributed by atoms with E-state index in [2.05, 4.69) is 124 Å². The molecule has 8 aromatic heterocycles. The average molecular weight is 1050 g/mol. The number of rotatable bonds is 4. The van der Waals surface area contributed by atoms with Crippen molar-refractivity contribution in [3.8, 4) is 11.3 Å². The number of fused-ring (bicyclic) bond motifs is 9. The summed E-state index contributed by atoms with van der Waals surface area (Å²) in [5.41, 5.74) is 11.7. The SMILES string of the molecule is CNc1cc2nc3c(cnn13)C(=O)NCCCc1cc(C)cc(c1)N2.CNc1cc2nc3c(cnn13)C(=O)NCCc1cc(-c3ccc(C)nn3)cc(n1)N2.CNc1cc2nc3c(cnn13)C(=O)NCCc1cccc(c1)N2. The van der Waals surface area contributed by atoms with Gasteiger partial charge in [-0.2, -0.15) is 39.0 Å². The number of nitrogens with one attached hydrogen (secondary N) is 9. The molecule has 9 N–H and O–H groups in total. The highest BCUT2D eigenvalue weighted by molar-refractivity contribution is 6.01. The fraction of sp³-hybridized carbons (Fsp3) is 0.222. The van der Waals surface area contributed by atoms with Gasteiger partial charge in [0.15, 0.2) is 16.9 Å². The van der Waals surface area contributed by atoms with E-state index in [1.807, 2.05) is 81.7 Å². The van der Waals surface area contributed by atoms with E-state index < -0.39 is 0 Å². The number of anilines is 9. The highest BCUT2D eigenvalue weighted by atomic mass is 16.2. The van der Waals surface area contributed by atoms with Crippen molar-refractivity contribution in [3.63, 3.8) is 0 Å². The molecule has 0 radical (unpaired) electrons. The molecule has 2 aromatic carbocycles. The lowest BCUT2D eigenvalue weighted by molar-refractivity contribution is 0.0946. The van der Waals surface area contributed by atoms with Gasteiger partial charge in [0.1, 0.15) is 57.4 Å². The molecule has 12 bridgehead atoms. The number of amides is 3. The van der Waals surface area contributed by atoms with Crippen LogP contribution < -0.4 is 47.9 Å². The summed E-state index contributed by atoms with van der Waals surface area (Å²) in [6.07, 6.45) is 7.77. The van der Waals surface area contributed by atoms with E-state index in [1.54, 1.807) is 33.0 Å². The largest absolute Gasteiger partial charge is 0.373 e. The summed E-state index contributed by atoms with van der Waals surface area (Å²) in [6, 6.07) is 27.8. The minimum atomic E-state index is -0.224. The van der Waals surface area contributed by atoms with Gasteiger partial charge in [-0.25, -0.2) is 19.9 Å². The minimum Gasteiger partial charge on any atom is -0.373 e. The molecule has 0 atom stereocenters. The Morgan fingerprint density at radius 3 is 1.60 bits per heavy atom. The zero-order valence-corrected chi connectivity index (χ0v) is 43.4. The van der Waals surface area contributed by atoms with Crippen LogP contribution in [0, 0.1) is 13.8 Å². The summed E-state index contributed by atoms with van der Waals surface area (Å²) in [5.74, 6) is 4.18. The summed E-state index contributed by atoms with van der Waals surface area (Å²) in [5, 5.41) is 49.3. The number of aromatic nitrogens is 12. The number of hydrogen-bond acceptors (Lipinski definition) is 18. The first-order valence-corrected chi connectivity index (χ1v) is 25.4. The Hall–Kier alpha value is -10.3. The molecule has 3 amide bonds. The van der Waals surface area contributed by atoms with E-state index in [1.165, 1.54) is 17.3 Å². The van der Waals surface area contributed by atoms with Crippen LogP contribution in [0.1, 0.15) is 65.6 Å². The molecular formula is C54H55N21O3. The molecule has 78 heavy (non-hydrogen) atoms. The Labute approximate surface area is 446 Å². The van der Waals surface area contributed by atoms with Crippen molar-refractivity contribution in [1.82, 2.24) is 74.9 Å². The van der Waals surface area contributed by atoms with Crippen molar-refractivity contribution in [2.75, 3.05) is 72.7 Å². The Morgan fingerprint density at radius 1 is 0.487 bits per heavy atom. The number of carbonyl (C=O) groups excluding carboxylic acids is 3. The zero-order chi connectivity index (χ0) is 53.9. The zero-order valence-electron chi connectivity index (χ0n) is 43.4. The molecule has 11 heterocycles. The molecule has 0 aliphatic carbocycles. The highest BCUT2D eigenvalue weighted by Crippen LogP contribution is 2.28. The van der Waals surface area contributed by atoms with E-state index in [-0.39, 0.29) is 17.7 Å². The Bertz CT molecular complexity index is 3920. The number of benzene rings is 2. The van der Waals surface area contributed by atoms with E-state index in [0.717, 1.165) is 70.5 Å². The predicted molar refractivity (Wildman–Crippen MR) is 298 cm³/mol. The fourth-order valence-electron chi connectivity index (χ4n) is 9.29.